The van der Waals surface area contributed by atoms with Gasteiger partial charge in [-0.3, -0.25) is 4.90 Å². The summed E-state index contributed by atoms with van der Waals surface area (Å²) in [5.41, 5.74) is 0.733. The van der Waals surface area contributed by atoms with Crippen molar-refractivity contribution >= 4 is 24.8 Å². The molecule has 3 aromatic rings. The van der Waals surface area contributed by atoms with E-state index in [4.69, 9.17) is 9.16 Å². The number of hydrogen-bond acceptors (Lipinski definition) is 4. The lowest BCUT2D eigenvalue weighted by Gasteiger charge is -2.50. The largest absolute Gasteiger partial charge is 0.444 e. The number of amides is 1. The van der Waals surface area contributed by atoms with Crippen molar-refractivity contribution in [2.75, 3.05) is 6.54 Å². The number of fused-ring (bicyclic) bond motifs is 2. The first kappa shape index (κ1) is 28.2. The van der Waals surface area contributed by atoms with E-state index in [0.717, 1.165) is 19.4 Å². The van der Waals surface area contributed by atoms with Crippen LogP contribution in [0.5, 0.6) is 0 Å². The zero-order chi connectivity index (χ0) is 29.0. The molecule has 3 fully saturated rings. The van der Waals surface area contributed by atoms with E-state index in [1.165, 1.54) is 15.9 Å². The van der Waals surface area contributed by atoms with Crippen molar-refractivity contribution in [2.24, 2.45) is 0 Å². The SMILES string of the molecule is CC(C)(C)OC(=O)N1C2CC3(c4ccccc4)CN[C@@H]2[C@@H](O[Si](c2ccccc2)(c2ccccc2)C(C)(C)C)C1C3. The number of benzene rings is 3. The second-order valence-electron chi connectivity index (χ2n) is 14.2. The van der Waals surface area contributed by atoms with Crippen LogP contribution in [0.2, 0.25) is 5.04 Å². The molecule has 0 aromatic heterocycles. The normalized spacial score (nSPS) is 27.6. The first-order valence-electron chi connectivity index (χ1n) is 15.0. The summed E-state index contributed by atoms with van der Waals surface area (Å²) >= 11 is 0. The minimum atomic E-state index is -2.85. The number of hydrogen-bond donors (Lipinski definition) is 1. The minimum absolute atomic E-state index is 0.000714. The molecule has 3 aliphatic heterocycles. The first-order valence-corrected chi connectivity index (χ1v) is 17.0. The fourth-order valence-corrected chi connectivity index (χ4v) is 12.6. The maximum Gasteiger partial charge on any atom is 0.410 e. The Labute approximate surface area is 246 Å². The van der Waals surface area contributed by atoms with Crippen LogP contribution in [0.15, 0.2) is 91.0 Å². The highest BCUT2D eigenvalue weighted by molar-refractivity contribution is 6.99. The number of ether oxygens (including phenoxy) is 1. The Morgan fingerprint density at radius 3 is 1.83 bits per heavy atom. The summed E-state index contributed by atoms with van der Waals surface area (Å²) in [6.45, 7) is 13.7. The quantitative estimate of drug-likeness (QED) is 0.406. The summed E-state index contributed by atoms with van der Waals surface area (Å²) in [5.74, 6) is 0. The van der Waals surface area contributed by atoms with Gasteiger partial charge in [-0.05, 0) is 54.6 Å². The molecular weight excluding hydrogens is 524 g/mol. The third-order valence-corrected chi connectivity index (χ3v) is 14.5. The minimum Gasteiger partial charge on any atom is -0.444 e. The van der Waals surface area contributed by atoms with E-state index < -0.39 is 13.9 Å². The van der Waals surface area contributed by atoms with Gasteiger partial charge in [-0.1, -0.05) is 112 Å². The van der Waals surface area contributed by atoms with E-state index in [0.29, 0.717) is 0 Å². The fourth-order valence-electron chi connectivity index (χ4n) is 7.83. The molecule has 3 aromatic carbocycles. The van der Waals surface area contributed by atoms with E-state index in [1.807, 2.05) is 25.7 Å². The van der Waals surface area contributed by atoms with Gasteiger partial charge in [-0.2, -0.15) is 0 Å². The summed E-state index contributed by atoms with van der Waals surface area (Å²) in [5, 5.41) is 6.30. The average Bonchev–Trinajstić information content (AvgIpc) is 3.04. The third kappa shape index (κ3) is 4.74. The molecule has 216 valence electrons. The van der Waals surface area contributed by atoms with Gasteiger partial charge in [0, 0.05) is 12.0 Å². The molecule has 1 N–H and O–H groups in total. The molecular formula is C35H44N2O3Si. The molecule has 3 heterocycles. The Bertz CT molecular complexity index is 1330. The molecule has 3 aliphatic rings. The second kappa shape index (κ2) is 10.1. The number of nitrogens with one attached hydrogen (secondary N) is 1. The van der Waals surface area contributed by atoms with Crippen molar-refractivity contribution in [3.63, 3.8) is 0 Å². The van der Waals surface area contributed by atoms with Gasteiger partial charge in [0.05, 0.1) is 24.2 Å². The Kier molecular flexibility index (Phi) is 6.95. The van der Waals surface area contributed by atoms with Gasteiger partial charge in [0.1, 0.15) is 5.60 Å². The highest BCUT2D eigenvalue weighted by Gasteiger charge is 2.65. The van der Waals surface area contributed by atoms with E-state index in [1.54, 1.807) is 0 Å². The van der Waals surface area contributed by atoms with E-state index >= 15 is 0 Å². The molecule has 0 saturated carbocycles. The van der Waals surface area contributed by atoms with Crippen molar-refractivity contribution in [1.29, 1.82) is 0 Å². The number of rotatable bonds is 5. The van der Waals surface area contributed by atoms with Crippen molar-refractivity contribution in [1.82, 2.24) is 10.2 Å². The highest BCUT2D eigenvalue weighted by Crippen LogP contribution is 2.52. The molecule has 1 amide bonds. The van der Waals surface area contributed by atoms with E-state index in [-0.39, 0.29) is 40.8 Å². The molecule has 5 atom stereocenters. The molecule has 0 spiro atoms. The summed E-state index contributed by atoms with van der Waals surface area (Å²) in [6.07, 6.45) is 1.37. The van der Waals surface area contributed by atoms with Gasteiger partial charge in [0.15, 0.2) is 0 Å². The molecule has 3 saturated heterocycles. The van der Waals surface area contributed by atoms with Crippen LogP contribution in [-0.4, -0.2) is 55.7 Å². The number of nitrogens with zero attached hydrogens (tertiary/aromatic N) is 1. The molecule has 6 rings (SSSR count). The van der Waals surface area contributed by atoms with Crippen LogP contribution in [0.1, 0.15) is 59.9 Å². The summed E-state index contributed by atoms with van der Waals surface area (Å²) in [7, 11) is -2.85. The van der Waals surface area contributed by atoms with Crippen LogP contribution in [0.25, 0.3) is 0 Å². The smallest absolute Gasteiger partial charge is 0.410 e. The van der Waals surface area contributed by atoms with Gasteiger partial charge < -0.3 is 14.5 Å². The van der Waals surface area contributed by atoms with Gasteiger partial charge in [-0.15, -0.1) is 0 Å². The molecule has 5 nitrogen and oxygen atoms in total. The second-order valence-corrected chi connectivity index (χ2v) is 18.5. The third-order valence-electron chi connectivity index (χ3n) is 9.46. The Morgan fingerprint density at radius 1 is 0.805 bits per heavy atom. The Hall–Kier alpha value is -2.93. The van der Waals surface area contributed by atoms with Gasteiger partial charge in [0.2, 0.25) is 0 Å². The summed E-state index contributed by atoms with van der Waals surface area (Å²) in [6, 6.07) is 32.4. The monoisotopic (exact) mass is 568 g/mol. The topological polar surface area (TPSA) is 50.8 Å². The predicted molar refractivity (Wildman–Crippen MR) is 167 cm³/mol. The fraction of sp³-hybridized carbons (Fsp3) is 0.457. The average molecular weight is 569 g/mol. The zero-order valence-electron chi connectivity index (χ0n) is 25.3. The first-order chi connectivity index (χ1) is 19.5. The van der Waals surface area contributed by atoms with Crippen molar-refractivity contribution < 1.29 is 14.0 Å². The number of carbonyl (C=O) groups is 1. The van der Waals surface area contributed by atoms with Crippen molar-refractivity contribution in [2.45, 2.75) is 94.7 Å². The molecule has 3 unspecified atom stereocenters. The van der Waals surface area contributed by atoms with Crippen LogP contribution in [0.3, 0.4) is 0 Å². The molecule has 41 heavy (non-hydrogen) atoms. The van der Waals surface area contributed by atoms with Crippen LogP contribution in [0.4, 0.5) is 4.79 Å². The summed E-state index contributed by atoms with van der Waals surface area (Å²) < 4.78 is 13.8. The summed E-state index contributed by atoms with van der Waals surface area (Å²) in [4.78, 5) is 15.9. The molecule has 3 bridgehead atoms. The number of piperidine rings is 2. The van der Waals surface area contributed by atoms with Crippen LogP contribution in [0, 0.1) is 0 Å². The van der Waals surface area contributed by atoms with Crippen molar-refractivity contribution in [3.05, 3.63) is 96.6 Å². The molecule has 0 aliphatic carbocycles. The van der Waals surface area contributed by atoms with Gasteiger partial charge in [-0.25, -0.2) is 4.79 Å². The predicted octanol–water partition coefficient (Wildman–Crippen LogP) is 5.62. The Morgan fingerprint density at radius 2 is 1.32 bits per heavy atom. The van der Waals surface area contributed by atoms with E-state index in [9.17, 15) is 4.79 Å². The van der Waals surface area contributed by atoms with Crippen molar-refractivity contribution in [3.8, 4) is 0 Å². The zero-order valence-corrected chi connectivity index (χ0v) is 26.3. The van der Waals surface area contributed by atoms with Gasteiger partial charge >= 0.3 is 6.09 Å². The van der Waals surface area contributed by atoms with Crippen LogP contribution in [-0.2, 0) is 14.6 Å². The maximum atomic E-state index is 13.9. The lowest BCUT2D eigenvalue weighted by Crippen LogP contribution is -2.69. The van der Waals surface area contributed by atoms with Crippen LogP contribution >= 0.6 is 0 Å². The molecule has 6 heteroatoms. The number of carbonyl (C=O) groups excluding carboxylic acids is 1. The van der Waals surface area contributed by atoms with Gasteiger partial charge in [0.25, 0.3) is 8.32 Å². The van der Waals surface area contributed by atoms with E-state index in [2.05, 4.69) is 117 Å². The Balaban J connectivity index is 1.48. The lowest BCUT2D eigenvalue weighted by molar-refractivity contribution is -0.0118. The highest BCUT2D eigenvalue weighted by atomic mass is 28.4. The lowest BCUT2D eigenvalue weighted by atomic mass is 9.68. The standard InChI is InChI=1S/C35H44N2O3Si/c1-33(2,3)39-32(38)37-28-22-35(25-16-10-7-11-17-25)23-29(37)31(30(28)36-24-35)40-41(34(4,5)6,26-18-12-8-13-19-26)27-20-14-9-15-21-27/h7-21,28-31,36H,22-24H2,1-6H3/t28?,29?,30-,31-,35?/m0/s1. The maximum absolute atomic E-state index is 13.9. The van der Waals surface area contributed by atoms with Crippen LogP contribution < -0.4 is 15.7 Å². The molecule has 0 radical (unpaired) electrons.